The van der Waals surface area contributed by atoms with E-state index in [4.69, 9.17) is 9.84 Å². The molecule has 1 aromatic rings. The lowest BCUT2D eigenvalue weighted by Gasteiger charge is -2.20. The van der Waals surface area contributed by atoms with E-state index >= 15 is 0 Å². The molecule has 0 heterocycles. The Labute approximate surface area is 112 Å². The lowest BCUT2D eigenvalue weighted by molar-refractivity contribution is -0.137. The molecule has 1 rings (SSSR count). The molecule has 19 heavy (non-hydrogen) atoms. The molecule has 0 saturated heterocycles. The zero-order valence-corrected chi connectivity index (χ0v) is 11.3. The van der Waals surface area contributed by atoms with Crippen LogP contribution in [0.1, 0.15) is 30.6 Å². The molecule has 0 unspecified atom stereocenters. The summed E-state index contributed by atoms with van der Waals surface area (Å²) >= 11 is 0. The number of benzene rings is 1. The first-order valence-electron chi connectivity index (χ1n) is 6.32. The number of carbonyl (C=O) groups is 2. The maximum Gasteiger partial charge on any atom is 0.323 e. The fourth-order valence-corrected chi connectivity index (χ4v) is 1.73. The second-order valence-corrected chi connectivity index (χ2v) is 4.08. The van der Waals surface area contributed by atoms with Gasteiger partial charge in [0.2, 0.25) is 0 Å². The van der Waals surface area contributed by atoms with Crippen LogP contribution < -0.4 is 4.74 Å². The summed E-state index contributed by atoms with van der Waals surface area (Å²) in [5.74, 6) is -0.584. The highest BCUT2D eigenvalue weighted by Gasteiger charge is 2.17. The first-order valence-corrected chi connectivity index (χ1v) is 6.32. The highest BCUT2D eigenvalue weighted by atomic mass is 16.5. The van der Waals surface area contributed by atoms with Crippen molar-refractivity contribution in [2.45, 2.75) is 20.3 Å². The summed E-state index contributed by atoms with van der Waals surface area (Å²) < 4.78 is 5.29. The van der Waals surface area contributed by atoms with Crippen molar-refractivity contribution in [1.82, 2.24) is 4.90 Å². The van der Waals surface area contributed by atoms with Gasteiger partial charge in [0.25, 0.3) is 5.91 Å². The van der Waals surface area contributed by atoms with Crippen LogP contribution in [0, 0.1) is 0 Å². The molecule has 0 aromatic heterocycles. The van der Waals surface area contributed by atoms with Crippen LogP contribution >= 0.6 is 0 Å². The number of nitrogens with zero attached hydrogens (tertiary/aromatic N) is 1. The zero-order chi connectivity index (χ0) is 14.3. The van der Waals surface area contributed by atoms with Crippen LogP contribution in [0.15, 0.2) is 24.3 Å². The highest BCUT2D eigenvalue weighted by Crippen LogP contribution is 2.14. The molecule has 5 heteroatoms. The predicted octanol–water partition coefficient (Wildman–Crippen LogP) is 2.02. The highest BCUT2D eigenvalue weighted by molar-refractivity contribution is 5.95. The Bertz CT molecular complexity index is 428. The number of rotatable bonds is 7. The van der Waals surface area contributed by atoms with Crippen LogP contribution in [0.4, 0.5) is 0 Å². The van der Waals surface area contributed by atoms with Crippen LogP contribution in [0.2, 0.25) is 0 Å². The molecule has 1 amide bonds. The Morgan fingerprint density at radius 3 is 2.32 bits per heavy atom. The van der Waals surface area contributed by atoms with Crippen LogP contribution in [0.25, 0.3) is 0 Å². The van der Waals surface area contributed by atoms with Crippen LogP contribution in [0.5, 0.6) is 5.75 Å². The molecule has 0 aliphatic heterocycles. The van der Waals surface area contributed by atoms with E-state index in [0.717, 1.165) is 6.42 Å². The van der Waals surface area contributed by atoms with Gasteiger partial charge < -0.3 is 14.7 Å². The molecule has 0 atom stereocenters. The number of carboxylic acid groups (broad SMARTS) is 1. The van der Waals surface area contributed by atoms with E-state index in [-0.39, 0.29) is 12.5 Å². The van der Waals surface area contributed by atoms with Crippen molar-refractivity contribution in [3.05, 3.63) is 29.8 Å². The van der Waals surface area contributed by atoms with E-state index in [1.807, 2.05) is 13.8 Å². The summed E-state index contributed by atoms with van der Waals surface area (Å²) in [5.41, 5.74) is 0.471. The van der Waals surface area contributed by atoms with E-state index < -0.39 is 5.97 Å². The topological polar surface area (TPSA) is 66.8 Å². The minimum Gasteiger partial charge on any atom is -0.494 e. The normalized spacial score (nSPS) is 10.0. The number of carbonyl (C=O) groups excluding carboxylic acids is 1. The number of carboxylic acids is 1. The Morgan fingerprint density at radius 1 is 1.21 bits per heavy atom. The van der Waals surface area contributed by atoms with Gasteiger partial charge in [-0.15, -0.1) is 0 Å². The average molecular weight is 265 g/mol. The lowest BCUT2D eigenvalue weighted by atomic mass is 10.2. The zero-order valence-electron chi connectivity index (χ0n) is 11.3. The summed E-state index contributed by atoms with van der Waals surface area (Å²) in [6.45, 7) is 4.50. The maximum absolute atomic E-state index is 12.2. The van der Waals surface area contributed by atoms with Crippen molar-refractivity contribution in [3.8, 4) is 5.75 Å². The molecule has 0 saturated carbocycles. The lowest BCUT2D eigenvalue weighted by Crippen LogP contribution is -2.36. The van der Waals surface area contributed by atoms with E-state index in [9.17, 15) is 9.59 Å². The van der Waals surface area contributed by atoms with Crippen molar-refractivity contribution in [1.29, 1.82) is 0 Å². The summed E-state index contributed by atoms with van der Waals surface area (Å²) in [5, 5.41) is 8.81. The standard InChI is InChI=1S/C14H19NO4/c1-3-9-15(10-13(16)17)14(18)11-5-7-12(8-6-11)19-4-2/h5-8H,3-4,9-10H2,1-2H3,(H,16,17). The molecule has 1 N–H and O–H groups in total. The van der Waals surface area contributed by atoms with Gasteiger partial charge >= 0.3 is 5.97 Å². The predicted molar refractivity (Wildman–Crippen MR) is 71.4 cm³/mol. The molecule has 0 fully saturated rings. The third kappa shape index (κ3) is 4.62. The Balaban J connectivity index is 2.80. The third-order valence-electron chi connectivity index (χ3n) is 2.52. The van der Waals surface area contributed by atoms with Gasteiger partial charge in [-0.25, -0.2) is 0 Å². The molecule has 104 valence electrons. The Morgan fingerprint density at radius 2 is 1.84 bits per heavy atom. The molecule has 0 spiro atoms. The van der Waals surface area contributed by atoms with E-state index in [0.29, 0.717) is 24.5 Å². The second kappa shape index (κ2) is 7.41. The third-order valence-corrected chi connectivity index (χ3v) is 2.52. The van der Waals surface area contributed by atoms with Gasteiger partial charge in [0.05, 0.1) is 6.61 Å². The van der Waals surface area contributed by atoms with Gasteiger partial charge in [-0.05, 0) is 37.6 Å². The Hall–Kier alpha value is -2.04. The van der Waals surface area contributed by atoms with Gasteiger partial charge in [-0.1, -0.05) is 6.92 Å². The molecule has 0 bridgehead atoms. The minimum absolute atomic E-state index is 0.271. The monoisotopic (exact) mass is 265 g/mol. The summed E-state index contributed by atoms with van der Waals surface area (Å²) in [6.07, 6.45) is 0.718. The summed E-state index contributed by atoms with van der Waals surface area (Å²) in [4.78, 5) is 24.2. The first kappa shape index (κ1) is 15.0. The van der Waals surface area contributed by atoms with E-state index in [1.165, 1.54) is 4.90 Å². The minimum atomic E-state index is -1.01. The second-order valence-electron chi connectivity index (χ2n) is 4.08. The fraction of sp³-hybridized carbons (Fsp3) is 0.429. The molecule has 5 nitrogen and oxygen atoms in total. The van der Waals surface area contributed by atoms with Crippen molar-refractivity contribution >= 4 is 11.9 Å². The van der Waals surface area contributed by atoms with E-state index in [1.54, 1.807) is 24.3 Å². The summed E-state index contributed by atoms with van der Waals surface area (Å²) in [6, 6.07) is 6.72. The summed E-state index contributed by atoms with van der Waals surface area (Å²) in [7, 11) is 0. The van der Waals surface area contributed by atoms with Crippen LogP contribution in [0.3, 0.4) is 0 Å². The largest absolute Gasteiger partial charge is 0.494 e. The number of aliphatic carboxylic acids is 1. The van der Waals surface area contributed by atoms with E-state index in [2.05, 4.69) is 0 Å². The first-order chi connectivity index (χ1) is 9.08. The Kier molecular flexibility index (Phi) is 5.85. The van der Waals surface area contributed by atoms with Gasteiger partial charge in [0.1, 0.15) is 12.3 Å². The molecule has 0 aliphatic carbocycles. The molecular formula is C14H19NO4. The maximum atomic E-state index is 12.2. The van der Waals surface area contributed by atoms with Crippen LogP contribution in [-0.4, -0.2) is 41.6 Å². The number of hydrogen-bond donors (Lipinski definition) is 1. The van der Waals surface area contributed by atoms with Crippen molar-refractivity contribution in [2.24, 2.45) is 0 Å². The molecule has 1 aromatic carbocycles. The van der Waals surface area contributed by atoms with Crippen LogP contribution in [-0.2, 0) is 4.79 Å². The smallest absolute Gasteiger partial charge is 0.323 e. The van der Waals surface area contributed by atoms with Crippen molar-refractivity contribution < 1.29 is 19.4 Å². The number of ether oxygens (including phenoxy) is 1. The quantitative estimate of drug-likeness (QED) is 0.819. The van der Waals surface area contributed by atoms with Gasteiger partial charge in [0.15, 0.2) is 0 Å². The number of amides is 1. The molecule has 0 radical (unpaired) electrons. The number of hydrogen-bond acceptors (Lipinski definition) is 3. The molecule has 0 aliphatic rings. The van der Waals surface area contributed by atoms with Crippen molar-refractivity contribution in [3.63, 3.8) is 0 Å². The van der Waals surface area contributed by atoms with Crippen molar-refractivity contribution in [2.75, 3.05) is 19.7 Å². The average Bonchev–Trinajstić information content (AvgIpc) is 2.38. The van der Waals surface area contributed by atoms with Gasteiger partial charge in [-0.3, -0.25) is 9.59 Å². The van der Waals surface area contributed by atoms with Gasteiger partial charge in [0, 0.05) is 12.1 Å². The fourth-order valence-electron chi connectivity index (χ4n) is 1.73. The SMILES string of the molecule is CCCN(CC(=O)O)C(=O)c1ccc(OCC)cc1. The van der Waals surface area contributed by atoms with Gasteiger partial charge in [-0.2, -0.15) is 0 Å². The molecular weight excluding hydrogens is 246 g/mol.